The summed E-state index contributed by atoms with van der Waals surface area (Å²) in [5.74, 6) is 0.607. The zero-order chi connectivity index (χ0) is 24.2. The van der Waals surface area contributed by atoms with Gasteiger partial charge in [0.15, 0.2) is 11.0 Å². The van der Waals surface area contributed by atoms with Gasteiger partial charge in [-0.3, -0.25) is 24.5 Å². The van der Waals surface area contributed by atoms with Crippen molar-refractivity contribution in [1.82, 2.24) is 19.7 Å². The highest BCUT2D eigenvalue weighted by molar-refractivity contribution is 7.99. The number of carbonyl (C=O) groups excluding carboxylic acids is 1. The first-order valence-corrected chi connectivity index (χ1v) is 11.4. The predicted octanol–water partition coefficient (Wildman–Crippen LogP) is 4.61. The summed E-state index contributed by atoms with van der Waals surface area (Å²) in [7, 11) is 1.64. The Morgan fingerprint density at radius 2 is 1.74 bits per heavy atom. The molecule has 172 valence electrons. The van der Waals surface area contributed by atoms with E-state index < -0.39 is 4.92 Å². The maximum atomic E-state index is 12.9. The molecule has 0 unspecified atom stereocenters. The average Bonchev–Trinajstić information content (AvgIpc) is 3.28. The summed E-state index contributed by atoms with van der Waals surface area (Å²) in [4.78, 5) is 28.8. The van der Waals surface area contributed by atoms with Gasteiger partial charge in [0.25, 0.3) is 5.69 Å². The Bertz CT molecular complexity index is 1340. The van der Waals surface area contributed by atoms with Gasteiger partial charge in [-0.25, -0.2) is 0 Å². The van der Waals surface area contributed by atoms with Crippen molar-refractivity contribution in [3.8, 4) is 17.1 Å². The van der Waals surface area contributed by atoms with Gasteiger partial charge in [0.1, 0.15) is 0 Å². The number of non-ortho nitro benzene ring substituents is 1. The van der Waals surface area contributed by atoms with Crippen LogP contribution in [0.4, 0.5) is 11.4 Å². The molecule has 4 rings (SSSR count). The van der Waals surface area contributed by atoms with Crippen molar-refractivity contribution in [2.24, 2.45) is 0 Å². The van der Waals surface area contributed by atoms with Crippen LogP contribution < -0.4 is 4.90 Å². The van der Waals surface area contributed by atoms with Crippen molar-refractivity contribution in [3.63, 3.8) is 0 Å². The first kappa shape index (κ1) is 23.1. The Hall–Kier alpha value is -4.05. The van der Waals surface area contributed by atoms with E-state index in [0.29, 0.717) is 16.7 Å². The molecule has 4 aromatic rings. The number of thioether (sulfide) groups is 1. The van der Waals surface area contributed by atoms with Crippen LogP contribution in [0.3, 0.4) is 0 Å². The molecule has 0 saturated carbocycles. The number of anilines is 1. The van der Waals surface area contributed by atoms with Crippen LogP contribution in [0.5, 0.6) is 0 Å². The molecule has 0 radical (unpaired) electrons. The number of carbonyl (C=O) groups is 1. The lowest BCUT2D eigenvalue weighted by Gasteiger charge is -2.17. The summed E-state index contributed by atoms with van der Waals surface area (Å²) in [6.45, 7) is 4.10. The summed E-state index contributed by atoms with van der Waals surface area (Å²) in [5.41, 5.74) is 4.63. The van der Waals surface area contributed by atoms with Gasteiger partial charge in [-0.1, -0.05) is 17.8 Å². The molecule has 2 aromatic carbocycles. The molecule has 0 saturated heterocycles. The topological polar surface area (TPSA) is 107 Å². The molecule has 0 N–H and O–H groups in total. The highest BCUT2D eigenvalue weighted by Gasteiger charge is 2.19. The lowest BCUT2D eigenvalue weighted by atomic mass is 10.1. The molecular weight excluding hydrogens is 452 g/mol. The fourth-order valence-corrected chi connectivity index (χ4v) is 4.18. The fourth-order valence-electron chi connectivity index (χ4n) is 3.31. The largest absolute Gasteiger partial charge is 0.315 e. The molecule has 0 aliphatic heterocycles. The minimum absolute atomic E-state index is 0.0240. The van der Waals surface area contributed by atoms with Crippen molar-refractivity contribution in [2.75, 3.05) is 17.7 Å². The van der Waals surface area contributed by atoms with Crippen LogP contribution >= 0.6 is 11.8 Å². The van der Waals surface area contributed by atoms with Crippen LogP contribution in [0.1, 0.15) is 11.1 Å². The standard InChI is InChI=1S/C24H22N6O3S/c1-16-4-5-21(14-17(16)2)29-23(18-10-12-25-13-11-18)26-27-24(29)34-15-22(31)28(3)19-6-8-20(9-7-19)30(32)33/h4-14H,15H2,1-3H3. The van der Waals surface area contributed by atoms with Crippen molar-refractivity contribution < 1.29 is 9.72 Å². The van der Waals surface area contributed by atoms with Gasteiger partial charge < -0.3 is 4.90 Å². The second kappa shape index (κ2) is 9.84. The Kier molecular flexibility index (Phi) is 6.69. The van der Waals surface area contributed by atoms with Crippen molar-refractivity contribution in [3.05, 3.63) is 88.2 Å². The van der Waals surface area contributed by atoms with Crippen LogP contribution in [0.2, 0.25) is 0 Å². The number of nitro benzene ring substituents is 1. The van der Waals surface area contributed by atoms with Gasteiger partial charge >= 0.3 is 0 Å². The maximum Gasteiger partial charge on any atom is 0.269 e. The van der Waals surface area contributed by atoms with E-state index in [1.807, 2.05) is 35.8 Å². The number of rotatable bonds is 7. The number of benzene rings is 2. The molecule has 1 amide bonds. The maximum absolute atomic E-state index is 12.9. The minimum atomic E-state index is -0.471. The van der Waals surface area contributed by atoms with Gasteiger partial charge in [-0.15, -0.1) is 10.2 Å². The predicted molar refractivity (Wildman–Crippen MR) is 131 cm³/mol. The molecular formula is C24H22N6O3S. The van der Waals surface area contributed by atoms with Gasteiger partial charge in [-0.05, 0) is 61.4 Å². The third kappa shape index (κ3) is 4.81. The van der Waals surface area contributed by atoms with Crippen LogP contribution in [0.15, 0.2) is 72.1 Å². The summed E-state index contributed by atoms with van der Waals surface area (Å²) >= 11 is 1.28. The molecule has 0 aliphatic rings. The van der Waals surface area contributed by atoms with Gasteiger partial charge in [-0.2, -0.15) is 0 Å². The number of hydrogen-bond donors (Lipinski definition) is 0. The van der Waals surface area contributed by atoms with Gasteiger partial charge in [0.2, 0.25) is 5.91 Å². The summed E-state index contributed by atoms with van der Waals surface area (Å²) in [6, 6.07) is 15.7. The second-order valence-corrected chi connectivity index (χ2v) is 8.60. The number of pyridine rings is 1. The smallest absolute Gasteiger partial charge is 0.269 e. The second-order valence-electron chi connectivity index (χ2n) is 7.66. The van der Waals surface area contributed by atoms with E-state index in [0.717, 1.165) is 16.8 Å². The molecule has 9 nitrogen and oxygen atoms in total. The molecule has 2 heterocycles. The van der Waals surface area contributed by atoms with Gasteiger partial charge in [0.05, 0.1) is 16.4 Å². The highest BCUT2D eigenvalue weighted by Crippen LogP contribution is 2.29. The Morgan fingerprint density at radius 3 is 2.38 bits per heavy atom. The van der Waals surface area contributed by atoms with Crippen LogP contribution in [0.25, 0.3) is 17.1 Å². The van der Waals surface area contributed by atoms with E-state index in [1.54, 1.807) is 31.6 Å². The third-order valence-corrected chi connectivity index (χ3v) is 6.38. The monoisotopic (exact) mass is 474 g/mol. The van der Waals surface area contributed by atoms with Crippen molar-refractivity contribution in [1.29, 1.82) is 0 Å². The number of hydrogen-bond acceptors (Lipinski definition) is 7. The first-order chi connectivity index (χ1) is 16.3. The zero-order valence-electron chi connectivity index (χ0n) is 18.9. The zero-order valence-corrected chi connectivity index (χ0v) is 19.7. The minimum Gasteiger partial charge on any atom is -0.315 e. The number of nitrogens with zero attached hydrogens (tertiary/aromatic N) is 6. The van der Waals surface area contributed by atoms with Gasteiger partial charge in [0, 0.05) is 42.8 Å². The van der Waals surface area contributed by atoms with E-state index in [2.05, 4.69) is 28.2 Å². The van der Waals surface area contributed by atoms with Crippen LogP contribution in [0, 0.1) is 24.0 Å². The molecule has 10 heteroatoms. The number of aryl methyl sites for hydroxylation is 2. The summed E-state index contributed by atoms with van der Waals surface area (Å²) in [6.07, 6.45) is 3.40. The Balaban J connectivity index is 1.60. The Labute approximate surface area is 200 Å². The lowest BCUT2D eigenvalue weighted by molar-refractivity contribution is -0.384. The van der Waals surface area contributed by atoms with E-state index in [9.17, 15) is 14.9 Å². The lowest BCUT2D eigenvalue weighted by Crippen LogP contribution is -2.28. The summed E-state index contributed by atoms with van der Waals surface area (Å²) in [5, 5.41) is 20.2. The van der Waals surface area contributed by atoms with Crippen LogP contribution in [-0.4, -0.2) is 43.4 Å². The van der Waals surface area contributed by atoms with E-state index in [-0.39, 0.29) is 17.3 Å². The SMILES string of the molecule is Cc1ccc(-n2c(SCC(=O)N(C)c3ccc([N+](=O)[O-])cc3)nnc2-c2ccncc2)cc1C. The van der Waals surface area contributed by atoms with Crippen molar-refractivity contribution >= 4 is 29.0 Å². The van der Waals surface area contributed by atoms with E-state index in [4.69, 9.17) is 0 Å². The van der Waals surface area contributed by atoms with E-state index >= 15 is 0 Å². The third-order valence-electron chi connectivity index (χ3n) is 5.47. The molecule has 0 bridgehead atoms. The van der Waals surface area contributed by atoms with E-state index in [1.165, 1.54) is 34.4 Å². The van der Waals surface area contributed by atoms with Crippen LogP contribution in [-0.2, 0) is 4.79 Å². The number of aromatic nitrogens is 4. The number of nitro groups is 1. The fraction of sp³-hybridized carbons (Fsp3) is 0.167. The quantitative estimate of drug-likeness (QED) is 0.219. The normalized spacial score (nSPS) is 10.8. The average molecular weight is 475 g/mol. The van der Waals surface area contributed by atoms with Crippen molar-refractivity contribution in [2.45, 2.75) is 19.0 Å². The molecule has 0 spiro atoms. The number of amides is 1. The molecule has 0 atom stereocenters. The molecule has 0 fully saturated rings. The Morgan fingerprint density at radius 1 is 1.03 bits per heavy atom. The molecule has 0 aliphatic carbocycles. The summed E-state index contributed by atoms with van der Waals surface area (Å²) < 4.78 is 1.94. The molecule has 34 heavy (non-hydrogen) atoms. The first-order valence-electron chi connectivity index (χ1n) is 10.4. The highest BCUT2D eigenvalue weighted by atomic mass is 32.2. The molecule has 2 aromatic heterocycles.